The zero-order valence-corrected chi connectivity index (χ0v) is 6.97. The summed E-state index contributed by atoms with van der Waals surface area (Å²) in [6.45, 7) is 3.67. The van der Waals surface area contributed by atoms with E-state index in [0.717, 1.165) is 3.92 Å². The molecule has 1 saturated heterocycles. The van der Waals surface area contributed by atoms with Gasteiger partial charge in [0, 0.05) is 0 Å². The Morgan fingerprint density at radius 1 is 1.86 bits per heavy atom. The molecular weight excluding hydrogens is 201 g/mol. The zero-order chi connectivity index (χ0) is 5.28. The summed E-state index contributed by atoms with van der Waals surface area (Å²) in [7, 11) is 2.22. The van der Waals surface area contributed by atoms with Crippen molar-refractivity contribution in [2.24, 2.45) is 0 Å². The van der Waals surface area contributed by atoms with Gasteiger partial charge in [-0.15, -0.1) is 0 Å². The Balaban J connectivity index is 2.06. The van der Waals surface area contributed by atoms with Gasteiger partial charge in [0.25, 0.3) is 0 Å². The first-order valence-corrected chi connectivity index (χ1v) is 4.88. The maximum absolute atomic E-state index is 2.47. The summed E-state index contributed by atoms with van der Waals surface area (Å²) >= 11 is 0.496. The van der Waals surface area contributed by atoms with Crippen LogP contribution in [0.25, 0.3) is 0 Å². The van der Waals surface area contributed by atoms with Crippen LogP contribution in [0.15, 0.2) is 0 Å². The molecule has 0 saturated carbocycles. The molecule has 0 N–H and O–H groups in total. The zero-order valence-electron chi connectivity index (χ0n) is 4.82. The van der Waals surface area contributed by atoms with Gasteiger partial charge in [-0.2, -0.15) is 0 Å². The molecule has 2 heteroatoms. The van der Waals surface area contributed by atoms with Gasteiger partial charge in [0.05, 0.1) is 0 Å². The summed E-state index contributed by atoms with van der Waals surface area (Å²) in [5.41, 5.74) is 0. The van der Waals surface area contributed by atoms with Crippen molar-refractivity contribution in [3.8, 4) is 0 Å². The number of nitrogens with zero attached hydrogens (tertiary/aromatic N) is 1. The first-order valence-electron chi connectivity index (χ1n) is 2.67. The van der Waals surface area contributed by atoms with Crippen LogP contribution in [-0.2, 0) is 0 Å². The fourth-order valence-electron chi connectivity index (χ4n) is 0.701. The first kappa shape index (κ1) is 5.82. The molecule has 1 nitrogen and oxygen atoms in total. The second-order valence-corrected chi connectivity index (χ2v) is 5.86. The minimum atomic E-state index is 0.496. The van der Waals surface area contributed by atoms with Gasteiger partial charge in [-0.05, 0) is 0 Å². The average molecular weight is 212 g/mol. The molecule has 0 bridgehead atoms. The van der Waals surface area contributed by atoms with E-state index in [4.69, 9.17) is 0 Å². The van der Waals surface area contributed by atoms with Crippen molar-refractivity contribution in [3.05, 3.63) is 0 Å². The summed E-state index contributed by atoms with van der Waals surface area (Å²) in [5, 5.41) is 0. The normalized spacial score (nSPS) is 33.7. The molecule has 1 aliphatic rings. The van der Waals surface area contributed by atoms with E-state index in [1.807, 2.05) is 0 Å². The molecule has 1 heterocycles. The predicted molar refractivity (Wildman–Crippen MR) is 26.7 cm³/mol. The molecule has 0 unspecified atom stereocenters. The van der Waals surface area contributed by atoms with E-state index < -0.39 is 0 Å². The number of halogens is 1. The van der Waals surface area contributed by atoms with Crippen molar-refractivity contribution in [3.63, 3.8) is 0 Å². The molecule has 1 aliphatic heterocycles. The second-order valence-electron chi connectivity index (χ2n) is 1.89. The van der Waals surface area contributed by atoms with E-state index in [2.05, 4.69) is 17.1 Å². The van der Waals surface area contributed by atoms with Gasteiger partial charge in [0.1, 0.15) is 0 Å². The fraction of sp³-hybridized carbons (Fsp3) is 1.00. The fourth-order valence-corrected chi connectivity index (χ4v) is 3.23. The average Bonchev–Trinajstić information content (AvgIpc) is 1.58. The minimum absolute atomic E-state index is 0.496. The molecule has 0 amide bonds. The maximum atomic E-state index is 2.47. The third-order valence-corrected chi connectivity index (χ3v) is 4.60. The molecule has 0 aliphatic carbocycles. The molecule has 0 radical (unpaired) electrons. The van der Waals surface area contributed by atoms with Gasteiger partial charge < -0.3 is 0 Å². The first-order chi connectivity index (χ1) is 3.33. The molecule has 0 aromatic carbocycles. The van der Waals surface area contributed by atoms with Crippen molar-refractivity contribution in [1.29, 1.82) is 0 Å². The van der Waals surface area contributed by atoms with Crippen LogP contribution >= 0.6 is 0 Å². The van der Waals surface area contributed by atoms with E-state index >= 15 is 0 Å². The molecule has 7 heavy (non-hydrogen) atoms. The van der Waals surface area contributed by atoms with Gasteiger partial charge in [-0.1, -0.05) is 0 Å². The van der Waals surface area contributed by atoms with Gasteiger partial charge in [0.2, 0.25) is 0 Å². The Hall–Kier alpha value is 0.690. The van der Waals surface area contributed by atoms with Crippen molar-refractivity contribution in [2.45, 2.75) is 17.3 Å². The molecule has 0 spiro atoms. The van der Waals surface area contributed by atoms with Gasteiger partial charge in [-0.25, -0.2) is 0 Å². The van der Waals surface area contributed by atoms with Gasteiger partial charge in [-0.3, -0.25) is 0 Å². The monoisotopic (exact) mass is 212 g/mol. The van der Waals surface area contributed by atoms with Crippen LogP contribution in [0.4, 0.5) is 0 Å². The van der Waals surface area contributed by atoms with E-state index in [1.54, 1.807) is 0 Å². The van der Waals surface area contributed by atoms with Crippen LogP contribution in [0.2, 0.25) is 0 Å². The van der Waals surface area contributed by atoms with Gasteiger partial charge >= 0.3 is 55.5 Å². The van der Waals surface area contributed by atoms with Crippen molar-refractivity contribution in [1.82, 2.24) is 3.11 Å². The number of rotatable bonds is 1. The van der Waals surface area contributed by atoms with Crippen LogP contribution < -0.4 is 21.5 Å². The summed E-state index contributed by atoms with van der Waals surface area (Å²) in [4.78, 5) is 0. The Kier molecular flexibility index (Phi) is 1.92. The third-order valence-electron chi connectivity index (χ3n) is 1.20. The summed E-state index contributed by atoms with van der Waals surface area (Å²) in [6, 6.07) is 0. The Bertz CT molecular complexity index is 59.1. The van der Waals surface area contributed by atoms with E-state index in [0.29, 0.717) is 21.5 Å². The SMILES string of the molecule is CC[C@H]1CN(C)[I-]1. The summed E-state index contributed by atoms with van der Waals surface area (Å²) in [5.74, 6) is 0. The second kappa shape index (κ2) is 2.31. The standard InChI is InChI=1S/C5H11IN/c1-3-5-4-7(2)6-5/h5H,3-4H2,1-2H3/q-1/t5-/m0/s1. The van der Waals surface area contributed by atoms with Crippen LogP contribution in [0, 0.1) is 0 Å². The van der Waals surface area contributed by atoms with Crippen LogP contribution in [-0.4, -0.2) is 20.6 Å². The number of hydrogen-bond donors (Lipinski definition) is 0. The molecule has 0 aromatic rings. The molecule has 0 aromatic heterocycles. The van der Waals surface area contributed by atoms with Crippen LogP contribution in [0.1, 0.15) is 13.3 Å². The molecular formula is C5H11IN-. The molecule has 44 valence electrons. The number of hydrogen-bond acceptors (Lipinski definition) is 1. The van der Waals surface area contributed by atoms with Gasteiger partial charge in [0.15, 0.2) is 0 Å². The Morgan fingerprint density at radius 3 is 2.57 bits per heavy atom. The van der Waals surface area contributed by atoms with Crippen molar-refractivity contribution in [2.75, 3.05) is 13.6 Å². The quantitative estimate of drug-likeness (QED) is 0.269. The topological polar surface area (TPSA) is 3.24 Å². The van der Waals surface area contributed by atoms with Crippen LogP contribution in [0.3, 0.4) is 0 Å². The predicted octanol–water partition coefficient (Wildman–Crippen LogP) is -2.29. The van der Waals surface area contributed by atoms with Crippen molar-refractivity contribution >= 4 is 0 Å². The number of alkyl halides is 1. The molecule has 1 fully saturated rings. The van der Waals surface area contributed by atoms with E-state index in [1.165, 1.54) is 13.0 Å². The van der Waals surface area contributed by atoms with E-state index in [9.17, 15) is 0 Å². The molecule has 1 atom stereocenters. The summed E-state index contributed by atoms with van der Waals surface area (Å²) in [6.07, 6.45) is 1.41. The Labute approximate surface area is 55.7 Å². The third kappa shape index (κ3) is 1.29. The summed E-state index contributed by atoms with van der Waals surface area (Å²) < 4.78 is 3.59. The Morgan fingerprint density at radius 2 is 2.43 bits per heavy atom. The van der Waals surface area contributed by atoms with E-state index in [-0.39, 0.29) is 0 Å². The van der Waals surface area contributed by atoms with Crippen LogP contribution in [0.5, 0.6) is 0 Å². The molecule has 1 rings (SSSR count). The van der Waals surface area contributed by atoms with Crippen molar-refractivity contribution < 1.29 is 21.5 Å².